The van der Waals surface area contributed by atoms with Crippen LogP contribution in [0.4, 0.5) is 0 Å². The number of hydrogen-bond acceptors (Lipinski definition) is 1. The van der Waals surface area contributed by atoms with Crippen LogP contribution in [0.1, 0.15) is 37.4 Å². The van der Waals surface area contributed by atoms with Crippen LogP contribution >= 0.6 is 0 Å². The Morgan fingerprint density at radius 2 is 2.46 bits per heavy atom. The molecule has 1 atom stereocenters. The van der Waals surface area contributed by atoms with Gasteiger partial charge in [-0.1, -0.05) is 25.8 Å². The van der Waals surface area contributed by atoms with Crippen LogP contribution in [-0.4, -0.2) is 4.98 Å². The van der Waals surface area contributed by atoms with E-state index in [0.29, 0.717) is 0 Å². The van der Waals surface area contributed by atoms with Crippen LogP contribution in [0.2, 0.25) is 0 Å². The average molecular weight is 175 g/mol. The van der Waals surface area contributed by atoms with Crippen LogP contribution in [0.5, 0.6) is 0 Å². The van der Waals surface area contributed by atoms with Crippen LogP contribution in [0.25, 0.3) is 0 Å². The minimum Gasteiger partial charge on any atom is -0.261 e. The van der Waals surface area contributed by atoms with E-state index in [4.69, 9.17) is 0 Å². The number of nitrogens with zero attached hydrogens (tertiary/aromatic N) is 1. The van der Waals surface area contributed by atoms with Crippen LogP contribution < -0.4 is 0 Å². The van der Waals surface area contributed by atoms with E-state index in [1.165, 1.54) is 43.4 Å². The van der Waals surface area contributed by atoms with Gasteiger partial charge in [-0.2, -0.15) is 0 Å². The summed E-state index contributed by atoms with van der Waals surface area (Å²) >= 11 is 0. The van der Waals surface area contributed by atoms with E-state index in [-0.39, 0.29) is 0 Å². The van der Waals surface area contributed by atoms with Crippen molar-refractivity contribution >= 4 is 0 Å². The summed E-state index contributed by atoms with van der Waals surface area (Å²) in [5.74, 6) is 0.896. The number of hydrogen-bond donors (Lipinski definition) is 0. The number of aryl methyl sites for hydroxylation is 1. The molecule has 0 aliphatic heterocycles. The first-order valence-corrected chi connectivity index (χ1v) is 5.33. The fraction of sp³-hybridized carbons (Fsp3) is 0.583. The maximum atomic E-state index is 4.45. The third-order valence-electron chi connectivity index (χ3n) is 2.99. The Balaban J connectivity index is 2.11. The molecule has 0 fully saturated rings. The smallest absolute Gasteiger partial charge is 0.0438 e. The van der Waals surface area contributed by atoms with Gasteiger partial charge in [0.05, 0.1) is 0 Å². The molecule has 0 amide bonds. The van der Waals surface area contributed by atoms with Crippen molar-refractivity contribution in [1.82, 2.24) is 4.98 Å². The number of fused-ring (bicyclic) bond motifs is 1. The summed E-state index contributed by atoms with van der Waals surface area (Å²) in [6.45, 7) is 2.27. The Morgan fingerprint density at radius 1 is 1.54 bits per heavy atom. The summed E-state index contributed by atoms with van der Waals surface area (Å²) in [5.41, 5.74) is 2.84. The van der Waals surface area contributed by atoms with Crippen molar-refractivity contribution in [3.05, 3.63) is 29.6 Å². The monoisotopic (exact) mass is 175 g/mol. The fourth-order valence-electron chi connectivity index (χ4n) is 2.27. The van der Waals surface area contributed by atoms with E-state index in [2.05, 4.69) is 24.0 Å². The van der Waals surface area contributed by atoms with Crippen molar-refractivity contribution in [3.63, 3.8) is 0 Å². The second-order valence-electron chi connectivity index (χ2n) is 4.01. The topological polar surface area (TPSA) is 12.9 Å². The van der Waals surface area contributed by atoms with Crippen LogP contribution in [0.15, 0.2) is 18.3 Å². The first kappa shape index (κ1) is 8.74. The van der Waals surface area contributed by atoms with E-state index in [9.17, 15) is 0 Å². The lowest BCUT2D eigenvalue weighted by atomic mass is 9.84. The Labute approximate surface area is 80.2 Å². The molecule has 1 heterocycles. The molecule has 1 heteroatoms. The minimum absolute atomic E-state index is 0.896. The van der Waals surface area contributed by atoms with Crippen molar-refractivity contribution in [2.45, 2.75) is 39.0 Å². The van der Waals surface area contributed by atoms with Gasteiger partial charge in [-0.05, 0) is 36.8 Å². The minimum atomic E-state index is 0.896. The van der Waals surface area contributed by atoms with E-state index in [1.807, 2.05) is 6.20 Å². The van der Waals surface area contributed by atoms with Crippen molar-refractivity contribution < 1.29 is 0 Å². The molecular weight excluding hydrogens is 158 g/mol. The molecule has 0 bridgehead atoms. The third kappa shape index (κ3) is 1.90. The van der Waals surface area contributed by atoms with Gasteiger partial charge in [0.25, 0.3) is 0 Å². The highest BCUT2D eigenvalue weighted by molar-refractivity contribution is 5.22. The number of aromatic nitrogens is 1. The second kappa shape index (κ2) is 3.91. The van der Waals surface area contributed by atoms with Gasteiger partial charge in [-0.25, -0.2) is 0 Å². The predicted molar refractivity (Wildman–Crippen MR) is 54.7 cm³/mol. The zero-order valence-electron chi connectivity index (χ0n) is 8.29. The fourth-order valence-corrected chi connectivity index (χ4v) is 2.27. The molecule has 1 aliphatic rings. The summed E-state index contributed by atoms with van der Waals surface area (Å²) < 4.78 is 0. The zero-order valence-corrected chi connectivity index (χ0v) is 8.29. The van der Waals surface area contributed by atoms with Crippen molar-refractivity contribution in [3.8, 4) is 0 Å². The lowest BCUT2D eigenvalue weighted by Crippen LogP contribution is -2.15. The molecule has 13 heavy (non-hydrogen) atoms. The highest BCUT2D eigenvalue weighted by atomic mass is 14.7. The highest BCUT2D eigenvalue weighted by Gasteiger charge is 2.17. The van der Waals surface area contributed by atoms with Gasteiger partial charge < -0.3 is 0 Å². The van der Waals surface area contributed by atoms with Gasteiger partial charge in [-0.3, -0.25) is 4.98 Å². The molecule has 2 rings (SSSR count). The largest absolute Gasteiger partial charge is 0.261 e. The number of rotatable bonds is 2. The molecule has 1 aromatic heterocycles. The van der Waals surface area contributed by atoms with E-state index >= 15 is 0 Å². The summed E-state index contributed by atoms with van der Waals surface area (Å²) in [6, 6.07) is 4.28. The Kier molecular flexibility index (Phi) is 2.62. The van der Waals surface area contributed by atoms with Gasteiger partial charge in [-0.15, -0.1) is 0 Å². The summed E-state index contributed by atoms with van der Waals surface area (Å²) in [4.78, 5) is 4.45. The van der Waals surface area contributed by atoms with E-state index in [0.717, 1.165) is 5.92 Å². The predicted octanol–water partition coefficient (Wildman–Crippen LogP) is 2.99. The van der Waals surface area contributed by atoms with Crippen molar-refractivity contribution in [2.75, 3.05) is 0 Å². The van der Waals surface area contributed by atoms with Crippen LogP contribution in [0.3, 0.4) is 0 Å². The first-order chi connectivity index (χ1) is 6.40. The standard InChI is InChI=1S/C12H17N/c1-2-4-10-6-7-11-5-3-8-13-12(11)9-10/h3,5,8,10H,2,4,6-7,9H2,1H3. The Hall–Kier alpha value is -0.850. The molecule has 0 N–H and O–H groups in total. The van der Waals surface area contributed by atoms with Crippen molar-refractivity contribution in [2.24, 2.45) is 5.92 Å². The molecule has 1 unspecified atom stereocenters. The second-order valence-corrected chi connectivity index (χ2v) is 4.01. The molecule has 0 saturated carbocycles. The van der Waals surface area contributed by atoms with E-state index in [1.54, 1.807) is 0 Å². The quantitative estimate of drug-likeness (QED) is 0.673. The Bertz CT molecular complexity index is 280. The summed E-state index contributed by atoms with van der Waals surface area (Å²) in [6.07, 6.45) is 8.43. The van der Waals surface area contributed by atoms with Crippen LogP contribution in [0, 0.1) is 5.92 Å². The van der Waals surface area contributed by atoms with Crippen molar-refractivity contribution in [1.29, 1.82) is 0 Å². The molecule has 1 aromatic rings. The molecule has 70 valence electrons. The first-order valence-electron chi connectivity index (χ1n) is 5.33. The van der Waals surface area contributed by atoms with Gasteiger partial charge in [0.1, 0.15) is 0 Å². The molecule has 0 radical (unpaired) electrons. The summed E-state index contributed by atoms with van der Waals surface area (Å²) in [5, 5.41) is 0. The maximum Gasteiger partial charge on any atom is 0.0438 e. The molecular formula is C12H17N. The average Bonchev–Trinajstić information content (AvgIpc) is 2.18. The van der Waals surface area contributed by atoms with Gasteiger partial charge in [0.2, 0.25) is 0 Å². The lowest BCUT2D eigenvalue weighted by Gasteiger charge is -2.22. The molecule has 0 spiro atoms. The lowest BCUT2D eigenvalue weighted by molar-refractivity contribution is 0.417. The highest BCUT2D eigenvalue weighted by Crippen LogP contribution is 2.26. The van der Waals surface area contributed by atoms with Gasteiger partial charge in [0, 0.05) is 11.9 Å². The van der Waals surface area contributed by atoms with E-state index < -0.39 is 0 Å². The molecule has 1 aliphatic carbocycles. The maximum absolute atomic E-state index is 4.45. The van der Waals surface area contributed by atoms with Crippen LogP contribution in [-0.2, 0) is 12.8 Å². The normalized spacial score (nSPS) is 21.2. The molecule has 0 aromatic carbocycles. The zero-order chi connectivity index (χ0) is 9.10. The Morgan fingerprint density at radius 3 is 3.31 bits per heavy atom. The SMILES string of the molecule is CCCC1CCc2cccnc2C1. The molecule has 0 saturated heterocycles. The third-order valence-corrected chi connectivity index (χ3v) is 2.99. The van der Waals surface area contributed by atoms with Gasteiger partial charge >= 0.3 is 0 Å². The molecule has 1 nitrogen and oxygen atoms in total. The van der Waals surface area contributed by atoms with Gasteiger partial charge in [0.15, 0.2) is 0 Å². The summed E-state index contributed by atoms with van der Waals surface area (Å²) in [7, 11) is 0. The number of pyridine rings is 1.